The number of methoxy groups -OCH3 is 1. The standard InChI is InChI=1S/C15H22N2O3/c1-4-13(16)14(18)17(11(2)15(19)20-3)10-12-8-6-5-7-9-12/h5-9,11,13H,4,10,16H2,1-3H3. The first-order valence-electron chi connectivity index (χ1n) is 6.69. The molecule has 0 spiro atoms. The van der Waals surface area contributed by atoms with Gasteiger partial charge in [0, 0.05) is 6.54 Å². The minimum Gasteiger partial charge on any atom is -0.467 e. The summed E-state index contributed by atoms with van der Waals surface area (Å²) in [6.45, 7) is 3.82. The van der Waals surface area contributed by atoms with Gasteiger partial charge >= 0.3 is 5.97 Å². The maximum atomic E-state index is 12.3. The Hall–Kier alpha value is -1.88. The van der Waals surface area contributed by atoms with E-state index in [1.807, 2.05) is 37.3 Å². The topological polar surface area (TPSA) is 72.6 Å². The molecule has 1 aromatic rings. The number of nitrogens with zero attached hydrogens (tertiary/aromatic N) is 1. The molecule has 0 aliphatic rings. The van der Waals surface area contributed by atoms with Gasteiger partial charge in [-0.25, -0.2) is 4.79 Å². The van der Waals surface area contributed by atoms with Crippen molar-refractivity contribution in [2.75, 3.05) is 7.11 Å². The van der Waals surface area contributed by atoms with Crippen LogP contribution in [-0.2, 0) is 20.9 Å². The van der Waals surface area contributed by atoms with Crippen LogP contribution in [0.15, 0.2) is 30.3 Å². The highest BCUT2D eigenvalue weighted by Crippen LogP contribution is 2.12. The summed E-state index contributed by atoms with van der Waals surface area (Å²) in [5.74, 6) is -0.688. The van der Waals surface area contributed by atoms with Crippen LogP contribution in [0.2, 0.25) is 0 Å². The molecule has 2 atom stereocenters. The molecular weight excluding hydrogens is 256 g/mol. The van der Waals surface area contributed by atoms with E-state index >= 15 is 0 Å². The lowest BCUT2D eigenvalue weighted by atomic mass is 10.1. The fraction of sp³-hybridized carbons (Fsp3) is 0.467. The van der Waals surface area contributed by atoms with Crippen LogP contribution in [0.1, 0.15) is 25.8 Å². The number of nitrogens with two attached hydrogens (primary N) is 1. The summed E-state index contributed by atoms with van der Waals surface area (Å²) < 4.78 is 4.72. The molecule has 0 fully saturated rings. The van der Waals surface area contributed by atoms with Gasteiger partial charge in [0.25, 0.3) is 0 Å². The first-order valence-corrected chi connectivity index (χ1v) is 6.69. The van der Waals surface area contributed by atoms with Gasteiger partial charge in [-0.2, -0.15) is 0 Å². The molecule has 1 aromatic carbocycles. The van der Waals surface area contributed by atoms with Crippen LogP contribution in [0.5, 0.6) is 0 Å². The molecule has 0 heterocycles. The highest BCUT2D eigenvalue weighted by Gasteiger charge is 2.29. The van der Waals surface area contributed by atoms with E-state index in [1.54, 1.807) is 6.92 Å². The van der Waals surface area contributed by atoms with Crippen LogP contribution < -0.4 is 5.73 Å². The number of carbonyl (C=O) groups is 2. The minimum atomic E-state index is -0.662. The summed E-state index contributed by atoms with van der Waals surface area (Å²) in [4.78, 5) is 25.5. The van der Waals surface area contributed by atoms with Gasteiger partial charge in [-0.1, -0.05) is 37.3 Å². The number of ether oxygens (including phenoxy) is 1. The smallest absolute Gasteiger partial charge is 0.328 e. The first-order chi connectivity index (χ1) is 9.51. The molecule has 110 valence electrons. The molecule has 1 rings (SSSR count). The summed E-state index contributed by atoms with van der Waals surface area (Å²) >= 11 is 0. The van der Waals surface area contributed by atoms with Gasteiger partial charge in [0.2, 0.25) is 5.91 Å². The number of hydrogen-bond donors (Lipinski definition) is 1. The predicted octanol–water partition coefficient (Wildman–Crippen LogP) is 1.31. The minimum absolute atomic E-state index is 0.241. The highest BCUT2D eigenvalue weighted by atomic mass is 16.5. The lowest BCUT2D eigenvalue weighted by molar-refractivity contribution is -0.153. The highest BCUT2D eigenvalue weighted by molar-refractivity contribution is 5.87. The van der Waals surface area contributed by atoms with E-state index < -0.39 is 18.1 Å². The fourth-order valence-corrected chi connectivity index (χ4v) is 1.87. The molecule has 0 bridgehead atoms. The second-order valence-electron chi connectivity index (χ2n) is 4.67. The Morgan fingerprint density at radius 1 is 1.30 bits per heavy atom. The van der Waals surface area contributed by atoms with Crippen molar-refractivity contribution >= 4 is 11.9 Å². The third kappa shape index (κ3) is 4.06. The number of rotatable bonds is 6. The lowest BCUT2D eigenvalue weighted by Crippen LogP contribution is -2.50. The maximum absolute atomic E-state index is 12.3. The van der Waals surface area contributed by atoms with Crippen molar-refractivity contribution in [3.63, 3.8) is 0 Å². The molecule has 1 amide bonds. The molecule has 20 heavy (non-hydrogen) atoms. The molecular formula is C15H22N2O3. The van der Waals surface area contributed by atoms with E-state index in [2.05, 4.69) is 0 Å². The summed E-state index contributed by atoms with van der Waals surface area (Å²) in [5.41, 5.74) is 6.75. The van der Waals surface area contributed by atoms with Gasteiger partial charge in [0.15, 0.2) is 0 Å². The average Bonchev–Trinajstić information content (AvgIpc) is 2.50. The number of amides is 1. The van der Waals surface area contributed by atoms with Crippen molar-refractivity contribution in [3.8, 4) is 0 Å². The van der Waals surface area contributed by atoms with Crippen LogP contribution >= 0.6 is 0 Å². The third-order valence-electron chi connectivity index (χ3n) is 3.25. The van der Waals surface area contributed by atoms with E-state index in [4.69, 9.17) is 10.5 Å². The van der Waals surface area contributed by atoms with Gasteiger partial charge in [0.1, 0.15) is 6.04 Å². The normalized spacial score (nSPS) is 13.4. The largest absolute Gasteiger partial charge is 0.467 e. The van der Waals surface area contributed by atoms with Gasteiger partial charge in [0.05, 0.1) is 13.2 Å². The average molecular weight is 278 g/mol. The van der Waals surface area contributed by atoms with Gasteiger partial charge in [-0.15, -0.1) is 0 Å². The SMILES string of the molecule is CCC(N)C(=O)N(Cc1ccccc1)C(C)C(=O)OC. The summed E-state index contributed by atoms with van der Waals surface area (Å²) in [5, 5.41) is 0. The zero-order valence-electron chi connectivity index (χ0n) is 12.2. The summed E-state index contributed by atoms with van der Waals surface area (Å²) in [6.07, 6.45) is 0.526. The second kappa shape index (κ2) is 7.65. The number of benzene rings is 1. The van der Waals surface area contributed by atoms with Gasteiger partial charge < -0.3 is 15.4 Å². The predicted molar refractivity (Wildman–Crippen MR) is 76.7 cm³/mol. The Labute approximate surface area is 119 Å². The van der Waals surface area contributed by atoms with E-state index in [9.17, 15) is 9.59 Å². The molecule has 0 saturated heterocycles. The molecule has 5 nitrogen and oxygen atoms in total. The van der Waals surface area contributed by atoms with Crippen LogP contribution in [-0.4, -0.2) is 36.0 Å². The zero-order chi connectivity index (χ0) is 15.1. The summed E-state index contributed by atoms with van der Waals surface area (Å²) in [7, 11) is 1.31. The van der Waals surface area contributed by atoms with E-state index in [-0.39, 0.29) is 5.91 Å². The Morgan fingerprint density at radius 2 is 1.90 bits per heavy atom. The number of esters is 1. The van der Waals surface area contributed by atoms with Crippen LogP contribution in [0.25, 0.3) is 0 Å². The molecule has 0 saturated carbocycles. The second-order valence-corrected chi connectivity index (χ2v) is 4.67. The van der Waals surface area contributed by atoms with Crippen LogP contribution in [0, 0.1) is 0 Å². The first kappa shape index (κ1) is 16.2. The molecule has 5 heteroatoms. The molecule has 0 aliphatic carbocycles. The molecule has 0 radical (unpaired) electrons. The van der Waals surface area contributed by atoms with E-state index in [1.165, 1.54) is 12.0 Å². The van der Waals surface area contributed by atoms with Gasteiger partial charge in [-0.3, -0.25) is 4.79 Å². The quantitative estimate of drug-likeness (QED) is 0.796. The Morgan fingerprint density at radius 3 is 2.40 bits per heavy atom. The van der Waals surface area contributed by atoms with Crippen LogP contribution in [0.3, 0.4) is 0 Å². The van der Waals surface area contributed by atoms with Gasteiger partial charge in [-0.05, 0) is 18.9 Å². The Balaban J connectivity index is 2.95. The molecule has 2 N–H and O–H groups in total. The van der Waals surface area contributed by atoms with Crippen molar-refractivity contribution < 1.29 is 14.3 Å². The molecule has 0 aliphatic heterocycles. The fourth-order valence-electron chi connectivity index (χ4n) is 1.87. The monoisotopic (exact) mass is 278 g/mol. The van der Waals surface area contributed by atoms with Crippen molar-refractivity contribution in [2.24, 2.45) is 5.73 Å². The van der Waals surface area contributed by atoms with Crippen molar-refractivity contribution in [1.82, 2.24) is 4.90 Å². The zero-order valence-corrected chi connectivity index (χ0v) is 12.2. The van der Waals surface area contributed by atoms with Crippen molar-refractivity contribution in [3.05, 3.63) is 35.9 Å². The Kier molecular flexibility index (Phi) is 6.18. The Bertz CT molecular complexity index is 448. The van der Waals surface area contributed by atoms with Crippen molar-refractivity contribution in [1.29, 1.82) is 0 Å². The summed E-state index contributed by atoms with van der Waals surface area (Å²) in [6, 6.07) is 8.22. The number of hydrogen-bond acceptors (Lipinski definition) is 4. The third-order valence-corrected chi connectivity index (χ3v) is 3.25. The maximum Gasteiger partial charge on any atom is 0.328 e. The number of carbonyl (C=O) groups excluding carboxylic acids is 2. The van der Waals surface area contributed by atoms with Crippen molar-refractivity contribution in [2.45, 2.75) is 38.9 Å². The lowest BCUT2D eigenvalue weighted by Gasteiger charge is -2.29. The van der Waals surface area contributed by atoms with E-state index in [0.29, 0.717) is 13.0 Å². The van der Waals surface area contributed by atoms with E-state index in [0.717, 1.165) is 5.56 Å². The molecule has 0 aromatic heterocycles. The van der Waals surface area contributed by atoms with Crippen LogP contribution in [0.4, 0.5) is 0 Å². The molecule has 2 unspecified atom stereocenters.